The van der Waals surface area contributed by atoms with Gasteiger partial charge in [-0.05, 0) is 26.9 Å². The maximum atomic E-state index is 9.99. The molecule has 0 rings (SSSR count). The molecule has 5 N–H and O–H groups in total. The van der Waals surface area contributed by atoms with E-state index < -0.39 is 18.0 Å². The first-order valence-corrected chi connectivity index (χ1v) is 5.27. The summed E-state index contributed by atoms with van der Waals surface area (Å²) in [6.45, 7) is 1.95. The van der Waals surface area contributed by atoms with E-state index in [1.54, 1.807) is 4.90 Å². The Morgan fingerprint density at radius 3 is 1.94 bits per heavy atom. The number of aliphatic carboxylic acids is 2. The lowest BCUT2D eigenvalue weighted by molar-refractivity contribution is -0.139. The number of hydrogen-bond acceptors (Lipinski definition) is 5. The van der Waals surface area contributed by atoms with Crippen LogP contribution in [0, 0.1) is 0 Å². The van der Waals surface area contributed by atoms with E-state index in [0.717, 1.165) is 6.42 Å². The van der Waals surface area contributed by atoms with Crippen molar-refractivity contribution in [1.29, 1.82) is 0 Å². The second-order valence-corrected chi connectivity index (χ2v) is 3.73. The lowest BCUT2D eigenvalue weighted by atomic mass is 10.2. The molecule has 0 fully saturated rings. The second-order valence-electron chi connectivity index (χ2n) is 3.73. The molecule has 0 aliphatic carbocycles. The quantitative estimate of drug-likeness (QED) is 0.470. The highest BCUT2D eigenvalue weighted by atomic mass is 16.4. The summed E-state index contributed by atoms with van der Waals surface area (Å²) in [5, 5.41) is 25.1. The first-order valence-electron chi connectivity index (χ1n) is 5.27. The molecule has 0 radical (unpaired) electrons. The predicted octanol–water partition coefficient (Wildman–Crippen LogP) is -0.460. The van der Waals surface area contributed by atoms with Gasteiger partial charge in [-0.3, -0.25) is 14.5 Å². The van der Waals surface area contributed by atoms with Gasteiger partial charge >= 0.3 is 11.9 Å². The molecule has 17 heavy (non-hydrogen) atoms. The predicted molar refractivity (Wildman–Crippen MR) is 62.5 cm³/mol. The van der Waals surface area contributed by atoms with Gasteiger partial charge in [-0.1, -0.05) is 6.92 Å². The molecular weight excluding hydrogens is 228 g/mol. The maximum absolute atomic E-state index is 9.99. The Morgan fingerprint density at radius 1 is 1.29 bits per heavy atom. The third-order valence-electron chi connectivity index (χ3n) is 1.95. The number of aliphatic hydroxyl groups is 1. The van der Waals surface area contributed by atoms with Crippen LogP contribution in [0.4, 0.5) is 0 Å². The molecule has 2 atom stereocenters. The molecular formula is C10H22N2O5. The van der Waals surface area contributed by atoms with Crippen LogP contribution in [-0.4, -0.2) is 58.5 Å². The number of carbonyl (C=O) groups is 2. The molecule has 1 unspecified atom stereocenters. The monoisotopic (exact) mass is 250 g/mol. The smallest absolute Gasteiger partial charge is 0.320 e. The van der Waals surface area contributed by atoms with Crippen LogP contribution in [-0.2, 0) is 9.59 Å². The number of nitrogens with zero attached hydrogens (tertiary/aromatic N) is 1. The highest BCUT2D eigenvalue weighted by Crippen LogP contribution is 1.93. The Kier molecular flexibility index (Phi) is 10.7. The van der Waals surface area contributed by atoms with Crippen molar-refractivity contribution in [3.63, 3.8) is 0 Å². The van der Waals surface area contributed by atoms with Crippen LogP contribution in [0.3, 0.4) is 0 Å². The summed E-state index contributed by atoms with van der Waals surface area (Å²) in [6.07, 6.45) is 0.311. The van der Waals surface area contributed by atoms with Gasteiger partial charge in [0, 0.05) is 6.42 Å². The zero-order valence-corrected chi connectivity index (χ0v) is 10.5. The zero-order valence-electron chi connectivity index (χ0n) is 10.5. The number of aliphatic hydroxyl groups excluding tert-OH is 1. The van der Waals surface area contributed by atoms with Crippen LogP contribution < -0.4 is 5.73 Å². The Balaban J connectivity index is 0. The Labute approximate surface area is 101 Å². The highest BCUT2D eigenvalue weighted by Gasteiger charge is 2.12. The normalized spacial score (nSPS) is 13.5. The van der Waals surface area contributed by atoms with Gasteiger partial charge in [-0.2, -0.15) is 0 Å². The van der Waals surface area contributed by atoms with E-state index in [2.05, 4.69) is 0 Å². The number of rotatable bonds is 6. The van der Waals surface area contributed by atoms with Gasteiger partial charge < -0.3 is 21.1 Å². The van der Waals surface area contributed by atoms with Crippen molar-refractivity contribution in [3.8, 4) is 0 Å². The largest absolute Gasteiger partial charge is 0.481 e. The van der Waals surface area contributed by atoms with Crippen LogP contribution in [0.1, 0.15) is 26.2 Å². The topological polar surface area (TPSA) is 124 Å². The molecule has 0 saturated carbocycles. The van der Waals surface area contributed by atoms with Crippen molar-refractivity contribution in [1.82, 2.24) is 4.90 Å². The Bertz CT molecular complexity index is 233. The molecule has 7 nitrogen and oxygen atoms in total. The van der Waals surface area contributed by atoms with Gasteiger partial charge in [0.25, 0.3) is 0 Å². The molecule has 102 valence electrons. The van der Waals surface area contributed by atoms with Crippen LogP contribution in [0.25, 0.3) is 0 Å². The SMILES string of the molecule is CCC(O)N(C)C.N[C@@H](CCC(=O)O)C(=O)O. The molecule has 0 aliphatic rings. The molecule has 7 heteroatoms. The average molecular weight is 250 g/mol. The van der Waals surface area contributed by atoms with Crippen molar-refractivity contribution >= 4 is 11.9 Å². The zero-order chi connectivity index (χ0) is 14.0. The fraction of sp³-hybridized carbons (Fsp3) is 0.800. The summed E-state index contributed by atoms with van der Waals surface area (Å²) in [5.74, 6) is -2.20. The molecule has 0 aromatic heterocycles. The fourth-order valence-electron chi connectivity index (χ4n) is 0.768. The minimum Gasteiger partial charge on any atom is -0.481 e. The fourth-order valence-corrected chi connectivity index (χ4v) is 0.768. The van der Waals surface area contributed by atoms with E-state index in [1.165, 1.54) is 0 Å². The summed E-state index contributed by atoms with van der Waals surface area (Å²) in [6, 6.07) is -1.06. The molecule has 0 aromatic rings. The lowest BCUT2D eigenvalue weighted by Crippen LogP contribution is -2.30. The second kappa shape index (κ2) is 10.0. The van der Waals surface area contributed by atoms with Crippen molar-refractivity contribution in [2.24, 2.45) is 5.73 Å². The Morgan fingerprint density at radius 2 is 1.76 bits per heavy atom. The van der Waals surface area contributed by atoms with Crippen LogP contribution >= 0.6 is 0 Å². The molecule has 0 bridgehead atoms. The highest BCUT2D eigenvalue weighted by molar-refractivity contribution is 5.74. The van der Waals surface area contributed by atoms with E-state index in [-0.39, 0.29) is 19.1 Å². The van der Waals surface area contributed by atoms with E-state index >= 15 is 0 Å². The maximum Gasteiger partial charge on any atom is 0.320 e. The standard InChI is InChI=1S/C5H9NO4.C5H13NO/c6-3(5(9)10)1-2-4(7)8;1-4-5(7)6(2)3/h3H,1-2,6H2,(H,7,8)(H,9,10);5,7H,4H2,1-3H3/t3-;/m0./s1. The van der Waals surface area contributed by atoms with E-state index in [9.17, 15) is 9.59 Å². The molecule has 0 heterocycles. The van der Waals surface area contributed by atoms with E-state index in [1.807, 2.05) is 21.0 Å². The lowest BCUT2D eigenvalue weighted by Gasteiger charge is -2.15. The molecule has 0 spiro atoms. The van der Waals surface area contributed by atoms with Crippen molar-refractivity contribution in [3.05, 3.63) is 0 Å². The molecule has 0 saturated heterocycles. The minimum absolute atomic E-state index is 0.0231. The van der Waals surface area contributed by atoms with Crippen molar-refractivity contribution in [2.75, 3.05) is 14.1 Å². The van der Waals surface area contributed by atoms with Crippen LogP contribution in [0.5, 0.6) is 0 Å². The van der Waals surface area contributed by atoms with Crippen LogP contribution in [0.15, 0.2) is 0 Å². The third-order valence-corrected chi connectivity index (χ3v) is 1.95. The summed E-state index contributed by atoms with van der Waals surface area (Å²) in [7, 11) is 3.71. The van der Waals surface area contributed by atoms with Crippen molar-refractivity contribution < 1.29 is 24.9 Å². The molecule has 0 aliphatic heterocycles. The first kappa shape index (κ1) is 18.2. The van der Waals surface area contributed by atoms with Gasteiger partial charge in [-0.25, -0.2) is 0 Å². The molecule has 0 amide bonds. The van der Waals surface area contributed by atoms with E-state index in [0.29, 0.717) is 0 Å². The minimum atomic E-state index is -1.17. The third kappa shape index (κ3) is 12.8. The number of nitrogens with two attached hydrogens (primary N) is 1. The van der Waals surface area contributed by atoms with Crippen molar-refractivity contribution in [2.45, 2.75) is 38.5 Å². The summed E-state index contributed by atoms with van der Waals surface area (Å²) < 4.78 is 0. The summed E-state index contributed by atoms with van der Waals surface area (Å²) in [4.78, 5) is 21.6. The average Bonchev–Trinajstić information content (AvgIpc) is 2.24. The van der Waals surface area contributed by atoms with Crippen LogP contribution in [0.2, 0.25) is 0 Å². The van der Waals surface area contributed by atoms with Gasteiger partial charge in [-0.15, -0.1) is 0 Å². The van der Waals surface area contributed by atoms with Gasteiger partial charge in [0.15, 0.2) is 0 Å². The molecule has 0 aromatic carbocycles. The summed E-state index contributed by atoms with van der Waals surface area (Å²) >= 11 is 0. The summed E-state index contributed by atoms with van der Waals surface area (Å²) in [5.41, 5.74) is 5.00. The van der Waals surface area contributed by atoms with E-state index in [4.69, 9.17) is 21.1 Å². The van der Waals surface area contributed by atoms with Gasteiger partial charge in [0.2, 0.25) is 0 Å². The van der Waals surface area contributed by atoms with Gasteiger partial charge in [0.05, 0.1) is 0 Å². The number of carboxylic acid groups (broad SMARTS) is 2. The van der Waals surface area contributed by atoms with Gasteiger partial charge in [0.1, 0.15) is 12.3 Å². The Hall–Kier alpha value is -1.18. The number of hydrogen-bond donors (Lipinski definition) is 4. The number of carboxylic acids is 2. The first-order chi connectivity index (χ1) is 7.72.